The van der Waals surface area contributed by atoms with Crippen molar-refractivity contribution in [1.29, 1.82) is 0 Å². The van der Waals surface area contributed by atoms with E-state index in [1.54, 1.807) is 0 Å². The molecule has 1 unspecified atom stereocenters. The highest BCUT2D eigenvalue weighted by Gasteiger charge is 2.21. The van der Waals surface area contributed by atoms with E-state index < -0.39 is 0 Å². The summed E-state index contributed by atoms with van der Waals surface area (Å²) in [6.45, 7) is 8.22. The fourth-order valence-electron chi connectivity index (χ4n) is 2.03. The quantitative estimate of drug-likeness (QED) is 0.794. The molecule has 0 aliphatic carbocycles. The molecule has 16 heavy (non-hydrogen) atoms. The van der Waals surface area contributed by atoms with E-state index >= 15 is 0 Å². The minimum atomic E-state index is -0.114. The van der Waals surface area contributed by atoms with Gasteiger partial charge in [-0.25, -0.2) is 0 Å². The van der Waals surface area contributed by atoms with Crippen LogP contribution in [0.15, 0.2) is 24.8 Å². The molecule has 2 rings (SSSR count). The smallest absolute Gasteiger partial charge is 0.101 e. The molecule has 1 heterocycles. The van der Waals surface area contributed by atoms with Crippen LogP contribution in [0.4, 0.5) is 0 Å². The molecular weight excluding hydrogens is 196 g/mol. The van der Waals surface area contributed by atoms with Crippen molar-refractivity contribution >= 4 is 11.8 Å². The zero-order valence-corrected chi connectivity index (χ0v) is 9.88. The Kier molecular flexibility index (Phi) is 2.84. The zero-order chi connectivity index (χ0) is 11.7. The summed E-state index contributed by atoms with van der Waals surface area (Å²) in [5.74, 6) is 0. The van der Waals surface area contributed by atoms with Gasteiger partial charge in [-0.15, -0.1) is 0 Å². The van der Waals surface area contributed by atoms with Crippen molar-refractivity contribution in [3.63, 3.8) is 0 Å². The minimum Gasteiger partial charge on any atom is -0.366 e. The van der Waals surface area contributed by atoms with Gasteiger partial charge >= 0.3 is 0 Å². The van der Waals surface area contributed by atoms with Crippen molar-refractivity contribution in [3.8, 4) is 0 Å². The van der Waals surface area contributed by atoms with Gasteiger partial charge in [0, 0.05) is 11.3 Å². The first-order valence-corrected chi connectivity index (χ1v) is 5.66. The SMILES string of the molecule is C=C1NC(N)c2cc(/C=C\CC)c(C)cc21. The Morgan fingerprint density at radius 2 is 2.25 bits per heavy atom. The van der Waals surface area contributed by atoms with Gasteiger partial charge in [-0.1, -0.05) is 25.7 Å². The van der Waals surface area contributed by atoms with Crippen LogP contribution in [-0.2, 0) is 0 Å². The maximum Gasteiger partial charge on any atom is 0.101 e. The van der Waals surface area contributed by atoms with Crippen LogP contribution in [0.2, 0.25) is 0 Å². The second kappa shape index (κ2) is 4.14. The molecule has 1 aliphatic rings. The van der Waals surface area contributed by atoms with Crippen LogP contribution in [0.5, 0.6) is 0 Å². The molecule has 0 radical (unpaired) electrons. The Morgan fingerprint density at radius 3 is 2.94 bits per heavy atom. The van der Waals surface area contributed by atoms with Gasteiger partial charge in [0.15, 0.2) is 0 Å². The minimum absolute atomic E-state index is 0.114. The monoisotopic (exact) mass is 214 g/mol. The van der Waals surface area contributed by atoms with E-state index in [2.05, 4.69) is 50.0 Å². The fourth-order valence-corrected chi connectivity index (χ4v) is 2.03. The van der Waals surface area contributed by atoms with Crippen LogP contribution in [-0.4, -0.2) is 0 Å². The molecule has 0 saturated heterocycles. The normalized spacial score (nSPS) is 18.9. The molecule has 0 amide bonds. The first-order chi connectivity index (χ1) is 7.63. The Bertz CT molecular complexity index is 458. The Morgan fingerprint density at radius 1 is 1.50 bits per heavy atom. The number of nitrogens with two attached hydrogens (primary N) is 1. The van der Waals surface area contributed by atoms with E-state index in [-0.39, 0.29) is 6.17 Å². The molecule has 0 fully saturated rings. The molecule has 2 nitrogen and oxygen atoms in total. The van der Waals surface area contributed by atoms with Crippen molar-refractivity contribution in [1.82, 2.24) is 5.32 Å². The van der Waals surface area contributed by atoms with Gasteiger partial charge in [-0.2, -0.15) is 0 Å². The van der Waals surface area contributed by atoms with Crippen LogP contribution >= 0.6 is 0 Å². The number of rotatable bonds is 2. The summed E-state index contributed by atoms with van der Waals surface area (Å²) < 4.78 is 0. The summed E-state index contributed by atoms with van der Waals surface area (Å²) in [4.78, 5) is 0. The van der Waals surface area contributed by atoms with Gasteiger partial charge in [-0.05, 0) is 42.2 Å². The molecule has 0 aromatic heterocycles. The summed E-state index contributed by atoms with van der Waals surface area (Å²) in [5.41, 5.74) is 11.7. The molecule has 0 saturated carbocycles. The first-order valence-electron chi connectivity index (χ1n) is 5.66. The lowest BCUT2D eigenvalue weighted by molar-refractivity contribution is 0.699. The van der Waals surface area contributed by atoms with Crippen LogP contribution in [0.1, 0.15) is 41.8 Å². The number of nitrogens with one attached hydrogen (secondary N) is 1. The first kappa shape index (κ1) is 11.0. The van der Waals surface area contributed by atoms with E-state index in [4.69, 9.17) is 5.73 Å². The van der Waals surface area contributed by atoms with Crippen molar-refractivity contribution in [3.05, 3.63) is 47.0 Å². The lowest BCUT2D eigenvalue weighted by atomic mass is 9.98. The second-order valence-electron chi connectivity index (χ2n) is 4.21. The molecule has 1 aromatic rings. The van der Waals surface area contributed by atoms with Gasteiger partial charge < -0.3 is 11.1 Å². The molecule has 1 atom stereocenters. The number of aryl methyl sites for hydroxylation is 1. The number of hydrogen-bond donors (Lipinski definition) is 2. The highest BCUT2D eigenvalue weighted by Crippen LogP contribution is 2.31. The van der Waals surface area contributed by atoms with Gasteiger partial charge in [0.1, 0.15) is 6.17 Å². The lowest BCUT2D eigenvalue weighted by Gasteiger charge is -2.07. The van der Waals surface area contributed by atoms with E-state index in [1.165, 1.54) is 11.1 Å². The van der Waals surface area contributed by atoms with Crippen molar-refractivity contribution < 1.29 is 0 Å². The number of hydrogen-bond acceptors (Lipinski definition) is 2. The molecule has 0 bridgehead atoms. The molecule has 0 spiro atoms. The Hall–Kier alpha value is -1.54. The summed E-state index contributed by atoms with van der Waals surface area (Å²) >= 11 is 0. The van der Waals surface area contributed by atoms with E-state index in [1.807, 2.05) is 0 Å². The largest absolute Gasteiger partial charge is 0.366 e. The predicted octanol–water partition coefficient (Wildman–Crippen LogP) is 2.95. The van der Waals surface area contributed by atoms with Crippen molar-refractivity contribution in [2.45, 2.75) is 26.4 Å². The van der Waals surface area contributed by atoms with Crippen LogP contribution in [0.3, 0.4) is 0 Å². The Balaban J connectivity index is 2.49. The molecular formula is C14H18N2. The zero-order valence-electron chi connectivity index (χ0n) is 9.88. The highest BCUT2D eigenvalue weighted by atomic mass is 15.1. The maximum absolute atomic E-state index is 5.99. The molecule has 1 aromatic carbocycles. The molecule has 3 N–H and O–H groups in total. The third-order valence-corrected chi connectivity index (χ3v) is 2.96. The Labute approximate surface area is 96.9 Å². The highest BCUT2D eigenvalue weighted by molar-refractivity contribution is 5.73. The van der Waals surface area contributed by atoms with Crippen LogP contribution in [0, 0.1) is 6.92 Å². The standard InChI is InChI=1S/C14H18N2/c1-4-5-6-11-8-13-12(7-9(11)2)10(3)16-14(13)15/h5-8,14,16H,3-4,15H2,1-2H3/b6-5-. The van der Waals surface area contributed by atoms with Gasteiger partial charge in [0.05, 0.1) is 0 Å². The van der Waals surface area contributed by atoms with E-state index in [0.717, 1.165) is 23.2 Å². The van der Waals surface area contributed by atoms with Gasteiger partial charge in [0.2, 0.25) is 0 Å². The van der Waals surface area contributed by atoms with E-state index in [0.29, 0.717) is 0 Å². The summed E-state index contributed by atoms with van der Waals surface area (Å²) in [5, 5.41) is 3.15. The molecule has 2 heteroatoms. The summed E-state index contributed by atoms with van der Waals surface area (Å²) in [6, 6.07) is 4.32. The third-order valence-electron chi connectivity index (χ3n) is 2.96. The van der Waals surface area contributed by atoms with Crippen molar-refractivity contribution in [2.24, 2.45) is 5.73 Å². The fraction of sp³-hybridized carbons (Fsp3) is 0.286. The maximum atomic E-state index is 5.99. The second-order valence-corrected chi connectivity index (χ2v) is 4.21. The molecule has 84 valence electrons. The van der Waals surface area contributed by atoms with Crippen LogP contribution in [0.25, 0.3) is 11.8 Å². The van der Waals surface area contributed by atoms with Gasteiger partial charge in [-0.3, -0.25) is 0 Å². The average molecular weight is 214 g/mol. The number of allylic oxidation sites excluding steroid dienone is 1. The predicted molar refractivity (Wildman–Crippen MR) is 69.6 cm³/mol. The lowest BCUT2D eigenvalue weighted by Crippen LogP contribution is -2.19. The summed E-state index contributed by atoms with van der Waals surface area (Å²) in [6.07, 6.45) is 5.26. The molecule has 1 aliphatic heterocycles. The topological polar surface area (TPSA) is 38.0 Å². The number of fused-ring (bicyclic) bond motifs is 1. The van der Waals surface area contributed by atoms with E-state index in [9.17, 15) is 0 Å². The van der Waals surface area contributed by atoms with Gasteiger partial charge in [0.25, 0.3) is 0 Å². The van der Waals surface area contributed by atoms with Crippen molar-refractivity contribution in [2.75, 3.05) is 0 Å². The average Bonchev–Trinajstić information content (AvgIpc) is 2.51. The summed E-state index contributed by atoms with van der Waals surface area (Å²) in [7, 11) is 0. The van der Waals surface area contributed by atoms with Crippen LogP contribution < -0.4 is 11.1 Å². The number of benzene rings is 1. The third kappa shape index (κ3) is 1.76.